The van der Waals surface area contributed by atoms with Crippen LogP contribution in [0.3, 0.4) is 0 Å². The summed E-state index contributed by atoms with van der Waals surface area (Å²) in [7, 11) is 1.59. The fraction of sp³-hybridized carbons (Fsp3) is 0.381. The summed E-state index contributed by atoms with van der Waals surface area (Å²) < 4.78 is 7.53. The molecule has 0 N–H and O–H groups in total. The summed E-state index contributed by atoms with van der Waals surface area (Å²) in [5.41, 5.74) is 1.93. The lowest BCUT2D eigenvalue weighted by Gasteiger charge is -2.26. The summed E-state index contributed by atoms with van der Waals surface area (Å²) >= 11 is 1.17. The van der Waals surface area contributed by atoms with Crippen molar-refractivity contribution in [2.75, 3.05) is 26.3 Å². The van der Waals surface area contributed by atoms with Crippen LogP contribution in [-0.2, 0) is 16.6 Å². The third-order valence-electron chi connectivity index (χ3n) is 4.77. The van der Waals surface area contributed by atoms with Crippen LogP contribution in [0.4, 0.5) is 0 Å². The molecular weight excluding hydrogens is 374 g/mol. The number of carbonyl (C=O) groups excluding carboxylic acids is 1. The Morgan fingerprint density at radius 1 is 1.25 bits per heavy atom. The molecule has 2 aromatic rings. The molecule has 1 aliphatic heterocycles. The zero-order valence-corrected chi connectivity index (χ0v) is 17.1. The molecule has 1 amide bonds. The highest BCUT2D eigenvalue weighted by atomic mass is 32.1. The van der Waals surface area contributed by atoms with Gasteiger partial charge in [0.05, 0.1) is 17.7 Å². The summed E-state index contributed by atoms with van der Waals surface area (Å²) in [6.07, 6.45) is 1.80. The molecule has 1 aromatic heterocycles. The molecule has 2 heterocycles. The molecular formula is C21H23N3O3S. The van der Waals surface area contributed by atoms with Crippen molar-refractivity contribution in [1.82, 2.24) is 9.47 Å². The molecule has 146 valence electrons. The van der Waals surface area contributed by atoms with Gasteiger partial charge in [-0.15, -0.1) is 11.3 Å². The Hall–Kier alpha value is -2.69. The maximum atomic E-state index is 12.8. The molecule has 1 fully saturated rings. The van der Waals surface area contributed by atoms with Gasteiger partial charge in [0, 0.05) is 20.1 Å². The van der Waals surface area contributed by atoms with Crippen molar-refractivity contribution in [2.24, 2.45) is 7.05 Å². The van der Waals surface area contributed by atoms with Crippen molar-refractivity contribution >= 4 is 28.9 Å². The van der Waals surface area contributed by atoms with E-state index in [2.05, 4.69) is 13.8 Å². The lowest BCUT2D eigenvalue weighted by Crippen LogP contribution is -2.42. The van der Waals surface area contributed by atoms with Crippen molar-refractivity contribution in [3.63, 3.8) is 0 Å². The summed E-state index contributed by atoms with van der Waals surface area (Å²) in [4.78, 5) is 27.0. The molecule has 1 saturated heterocycles. The highest BCUT2D eigenvalue weighted by Crippen LogP contribution is 2.14. The number of hydrogen-bond donors (Lipinski definition) is 0. The summed E-state index contributed by atoms with van der Waals surface area (Å²) in [5, 5.41) is 9.59. The molecule has 6 nitrogen and oxygen atoms in total. The largest absolute Gasteiger partial charge is 0.378 e. The van der Waals surface area contributed by atoms with Crippen LogP contribution >= 0.6 is 11.3 Å². The van der Waals surface area contributed by atoms with Gasteiger partial charge in [0.15, 0.2) is 5.57 Å². The monoisotopic (exact) mass is 397 g/mol. The molecule has 0 spiro atoms. The first-order valence-corrected chi connectivity index (χ1v) is 10.0. The highest BCUT2D eigenvalue weighted by Gasteiger charge is 2.22. The van der Waals surface area contributed by atoms with E-state index in [-0.39, 0.29) is 17.0 Å². The van der Waals surface area contributed by atoms with E-state index in [0.29, 0.717) is 41.4 Å². The summed E-state index contributed by atoms with van der Waals surface area (Å²) in [5.74, 6) is 0.0877. The second-order valence-corrected chi connectivity index (χ2v) is 8.02. The molecule has 0 unspecified atom stereocenters. The van der Waals surface area contributed by atoms with Gasteiger partial charge in [-0.1, -0.05) is 38.1 Å². The number of hydrogen-bond acceptors (Lipinski definition) is 5. The van der Waals surface area contributed by atoms with E-state index < -0.39 is 0 Å². The minimum Gasteiger partial charge on any atom is -0.378 e. The normalized spacial score (nSPS) is 16.2. The van der Waals surface area contributed by atoms with E-state index in [0.717, 1.165) is 5.56 Å². The number of morpholine rings is 1. The van der Waals surface area contributed by atoms with Crippen LogP contribution in [0.15, 0.2) is 29.1 Å². The SMILES string of the molecule is CC(C)c1ccc(/C=c2/s/c(=C(/C#N)C(=O)N3CCOCC3)n(C)c2=O)cc1. The fourth-order valence-electron chi connectivity index (χ4n) is 3.02. The minimum atomic E-state index is -0.351. The quantitative estimate of drug-likeness (QED) is 0.772. The maximum absolute atomic E-state index is 12.8. The van der Waals surface area contributed by atoms with E-state index in [1.807, 2.05) is 30.3 Å². The molecule has 0 bridgehead atoms. The van der Waals surface area contributed by atoms with E-state index in [1.54, 1.807) is 18.0 Å². The van der Waals surface area contributed by atoms with Gasteiger partial charge in [0.25, 0.3) is 11.5 Å². The number of thiazole rings is 1. The third-order valence-corrected chi connectivity index (χ3v) is 5.95. The number of nitrogens with zero attached hydrogens (tertiary/aromatic N) is 3. The Bertz CT molecular complexity index is 1080. The van der Waals surface area contributed by atoms with Gasteiger partial charge in [0.2, 0.25) is 0 Å². The van der Waals surface area contributed by atoms with Gasteiger partial charge in [-0.2, -0.15) is 5.26 Å². The molecule has 3 rings (SSSR count). The zero-order valence-electron chi connectivity index (χ0n) is 16.3. The van der Waals surface area contributed by atoms with Crippen molar-refractivity contribution in [1.29, 1.82) is 5.26 Å². The molecule has 0 saturated carbocycles. The molecule has 0 atom stereocenters. The van der Waals surface area contributed by atoms with Crippen LogP contribution in [0.1, 0.15) is 30.9 Å². The number of nitriles is 1. The van der Waals surface area contributed by atoms with Crippen molar-refractivity contribution in [3.05, 3.63) is 54.9 Å². The predicted molar refractivity (Wildman–Crippen MR) is 109 cm³/mol. The Balaban J connectivity index is 2.06. The van der Waals surface area contributed by atoms with Gasteiger partial charge in [-0.05, 0) is 23.1 Å². The van der Waals surface area contributed by atoms with Gasteiger partial charge in [-0.25, -0.2) is 0 Å². The maximum Gasteiger partial charge on any atom is 0.268 e. The van der Waals surface area contributed by atoms with Crippen molar-refractivity contribution in [3.8, 4) is 6.07 Å². The fourth-order valence-corrected chi connectivity index (χ4v) is 4.11. The number of carbonyl (C=O) groups is 1. The standard InChI is InChI=1S/C21H23N3O3S/c1-14(2)16-6-4-15(5-7-16)12-18-20(26)23(3)21(28-18)17(13-22)19(25)24-8-10-27-11-9-24/h4-7,12,14H,8-11H2,1-3H3/b18-12+,21-17-. The van der Waals surface area contributed by atoms with Gasteiger partial charge in [0.1, 0.15) is 10.7 Å². The highest BCUT2D eigenvalue weighted by molar-refractivity contribution is 7.07. The van der Waals surface area contributed by atoms with Gasteiger partial charge < -0.3 is 14.2 Å². The average molecular weight is 398 g/mol. The van der Waals surface area contributed by atoms with E-state index in [4.69, 9.17) is 4.74 Å². The van der Waals surface area contributed by atoms with Crippen LogP contribution < -0.4 is 14.8 Å². The number of benzene rings is 1. The van der Waals surface area contributed by atoms with Gasteiger partial charge in [-0.3, -0.25) is 9.59 Å². The zero-order chi connectivity index (χ0) is 20.3. The Morgan fingerprint density at radius 2 is 1.89 bits per heavy atom. The number of amides is 1. The van der Waals surface area contributed by atoms with Crippen LogP contribution in [0, 0.1) is 11.3 Å². The second-order valence-electron chi connectivity index (χ2n) is 6.99. The van der Waals surface area contributed by atoms with E-state index >= 15 is 0 Å². The summed E-state index contributed by atoms with van der Waals surface area (Å²) in [6, 6.07) is 10.0. The first-order valence-electron chi connectivity index (χ1n) is 9.21. The van der Waals surface area contributed by atoms with Crippen LogP contribution in [0.25, 0.3) is 11.6 Å². The molecule has 1 aliphatic rings. The lowest BCUT2D eigenvalue weighted by atomic mass is 10.0. The van der Waals surface area contributed by atoms with E-state index in [1.165, 1.54) is 21.5 Å². The smallest absolute Gasteiger partial charge is 0.268 e. The van der Waals surface area contributed by atoms with Crippen molar-refractivity contribution < 1.29 is 9.53 Å². The first-order chi connectivity index (χ1) is 13.4. The molecule has 1 aromatic carbocycles. The third kappa shape index (κ3) is 4.08. The Labute approximate surface area is 167 Å². The van der Waals surface area contributed by atoms with Crippen LogP contribution in [-0.4, -0.2) is 41.7 Å². The number of rotatable bonds is 3. The minimum absolute atomic E-state index is 0.00121. The van der Waals surface area contributed by atoms with Crippen LogP contribution in [0.2, 0.25) is 0 Å². The predicted octanol–water partition coefficient (Wildman–Crippen LogP) is 0.932. The summed E-state index contributed by atoms with van der Waals surface area (Å²) in [6.45, 7) is 6.07. The molecule has 0 aliphatic carbocycles. The molecule has 7 heteroatoms. The number of aromatic nitrogens is 1. The molecule has 0 radical (unpaired) electrons. The molecule has 28 heavy (non-hydrogen) atoms. The van der Waals surface area contributed by atoms with E-state index in [9.17, 15) is 14.9 Å². The topological polar surface area (TPSA) is 75.3 Å². The Morgan fingerprint density at radius 3 is 2.46 bits per heavy atom. The van der Waals surface area contributed by atoms with Crippen molar-refractivity contribution in [2.45, 2.75) is 19.8 Å². The van der Waals surface area contributed by atoms with Crippen LogP contribution in [0.5, 0.6) is 0 Å². The lowest BCUT2D eigenvalue weighted by molar-refractivity contribution is -0.128. The Kier molecular flexibility index (Phi) is 6.12. The first kappa shape index (κ1) is 20.1. The average Bonchev–Trinajstić information content (AvgIpc) is 2.98. The van der Waals surface area contributed by atoms with Gasteiger partial charge >= 0.3 is 0 Å². The second kappa shape index (κ2) is 8.55. The number of ether oxygens (including phenoxy) is 1.